The van der Waals surface area contributed by atoms with Crippen LogP contribution in [0.3, 0.4) is 0 Å². The molecule has 0 aliphatic rings. The molecule has 0 fully saturated rings. The van der Waals surface area contributed by atoms with Gasteiger partial charge in [-0.1, -0.05) is 0 Å². The van der Waals surface area contributed by atoms with Crippen molar-refractivity contribution in [1.82, 2.24) is 4.98 Å². The highest BCUT2D eigenvalue weighted by molar-refractivity contribution is 9.10. The van der Waals surface area contributed by atoms with Crippen LogP contribution < -0.4 is 0 Å². The molecule has 0 unspecified atom stereocenters. The highest BCUT2D eigenvalue weighted by Gasteiger charge is 2.19. The lowest BCUT2D eigenvalue weighted by atomic mass is 10.1. The molecule has 80 valence electrons. The zero-order chi connectivity index (χ0) is 11.4. The number of hydrogen-bond acceptors (Lipinski definition) is 2. The summed E-state index contributed by atoms with van der Waals surface area (Å²) in [6, 6.07) is 1.82. The van der Waals surface area contributed by atoms with Crippen LogP contribution in [0, 0.1) is 11.3 Å². The Balaban J connectivity index is 3.32. The van der Waals surface area contributed by atoms with Crippen LogP contribution in [-0.2, 0) is 12.3 Å². The molecule has 0 aliphatic heterocycles. The molecule has 0 amide bonds. The van der Waals surface area contributed by atoms with E-state index in [1.807, 2.05) is 6.07 Å². The number of nitrogens with zero attached hydrogens (tertiary/aromatic N) is 2. The summed E-state index contributed by atoms with van der Waals surface area (Å²) >= 11 is 8.56. The van der Waals surface area contributed by atoms with E-state index in [1.165, 1.54) is 6.20 Å². The van der Waals surface area contributed by atoms with Crippen LogP contribution in [-0.4, -0.2) is 4.98 Å². The van der Waals surface area contributed by atoms with E-state index in [9.17, 15) is 8.78 Å². The Morgan fingerprint density at radius 1 is 1.60 bits per heavy atom. The Bertz CT molecular complexity index is 404. The molecular weight excluding hydrogens is 289 g/mol. The van der Waals surface area contributed by atoms with Gasteiger partial charge in [0.05, 0.1) is 24.1 Å². The minimum absolute atomic E-state index is 0.0487. The van der Waals surface area contributed by atoms with Crippen molar-refractivity contribution in [2.45, 2.75) is 18.7 Å². The Kier molecular flexibility index (Phi) is 4.43. The largest absolute Gasteiger partial charge is 0.265 e. The average Bonchev–Trinajstić information content (AvgIpc) is 2.18. The summed E-state index contributed by atoms with van der Waals surface area (Å²) in [6.07, 6.45) is -1.46. The van der Waals surface area contributed by atoms with Crippen molar-refractivity contribution in [2.75, 3.05) is 0 Å². The highest BCUT2D eigenvalue weighted by Crippen LogP contribution is 2.32. The van der Waals surface area contributed by atoms with E-state index >= 15 is 0 Å². The van der Waals surface area contributed by atoms with Crippen molar-refractivity contribution in [2.24, 2.45) is 0 Å². The van der Waals surface area contributed by atoms with Gasteiger partial charge in [0.25, 0.3) is 6.43 Å². The predicted octanol–water partition coefficient (Wildman–Crippen LogP) is 3.59. The van der Waals surface area contributed by atoms with Crippen LogP contribution in [0.2, 0.25) is 0 Å². The molecule has 0 saturated carbocycles. The first-order valence-electron chi connectivity index (χ1n) is 3.99. The summed E-state index contributed by atoms with van der Waals surface area (Å²) in [5.74, 6) is 0.0487. The van der Waals surface area contributed by atoms with Gasteiger partial charge in [-0.2, -0.15) is 5.26 Å². The molecule has 6 heteroatoms. The SMILES string of the molecule is N#CCc1cnc(CCl)c(Br)c1C(F)F. The molecule has 0 N–H and O–H groups in total. The Hall–Kier alpha value is -0.730. The minimum atomic E-state index is -2.65. The first kappa shape index (κ1) is 12.3. The standard InChI is InChI=1S/C9H6BrClF2N2/c10-8-6(3-11)15-4-5(1-2-14)7(8)9(12)13/h4,9H,1,3H2. The van der Waals surface area contributed by atoms with Gasteiger partial charge in [0.15, 0.2) is 0 Å². The first-order chi connectivity index (χ1) is 7.11. The molecule has 1 aromatic heterocycles. The third-order valence-corrected chi connectivity index (χ3v) is 2.96. The van der Waals surface area contributed by atoms with E-state index in [0.29, 0.717) is 5.69 Å². The van der Waals surface area contributed by atoms with Gasteiger partial charge in [-0.05, 0) is 21.5 Å². The molecule has 1 heterocycles. The highest BCUT2D eigenvalue weighted by atomic mass is 79.9. The minimum Gasteiger partial charge on any atom is -0.259 e. The van der Waals surface area contributed by atoms with E-state index in [2.05, 4.69) is 20.9 Å². The maximum Gasteiger partial charge on any atom is 0.265 e. The number of nitriles is 1. The predicted molar refractivity (Wildman–Crippen MR) is 55.8 cm³/mol. The molecular formula is C9H6BrClF2N2. The van der Waals surface area contributed by atoms with Crippen molar-refractivity contribution in [1.29, 1.82) is 5.26 Å². The lowest BCUT2D eigenvalue weighted by molar-refractivity contribution is 0.149. The Labute approximate surface area is 99.0 Å². The van der Waals surface area contributed by atoms with Crippen LogP contribution in [0.25, 0.3) is 0 Å². The lowest BCUT2D eigenvalue weighted by Gasteiger charge is -2.10. The first-order valence-corrected chi connectivity index (χ1v) is 5.31. The quantitative estimate of drug-likeness (QED) is 0.799. The molecule has 15 heavy (non-hydrogen) atoms. The summed E-state index contributed by atoms with van der Waals surface area (Å²) in [7, 11) is 0. The monoisotopic (exact) mass is 294 g/mol. The van der Waals surface area contributed by atoms with Gasteiger partial charge in [-0.25, -0.2) is 8.78 Å². The fourth-order valence-electron chi connectivity index (χ4n) is 1.13. The van der Waals surface area contributed by atoms with Crippen LogP contribution in [0.5, 0.6) is 0 Å². The van der Waals surface area contributed by atoms with Gasteiger partial charge >= 0.3 is 0 Å². The van der Waals surface area contributed by atoms with Crippen molar-refractivity contribution < 1.29 is 8.78 Å². The molecule has 1 aromatic rings. The number of halogens is 4. The average molecular weight is 296 g/mol. The van der Waals surface area contributed by atoms with Crippen LogP contribution in [0.1, 0.15) is 23.2 Å². The van der Waals surface area contributed by atoms with Gasteiger partial charge in [0.1, 0.15) is 0 Å². The maximum atomic E-state index is 12.7. The van der Waals surface area contributed by atoms with Gasteiger partial charge in [-0.3, -0.25) is 4.98 Å². The zero-order valence-corrected chi connectivity index (χ0v) is 9.82. The second-order valence-electron chi connectivity index (χ2n) is 2.73. The summed E-state index contributed by atoms with van der Waals surface area (Å²) in [5, 5.41) is 8.48. The van der Waals surface area contributed by atoms with Gasteiger partial charge in [0.2, 0.25) is 0 Å². The fraction of sp³-hybridized carbons (Fsp3) is 0.333. The molecule has 0 aliphatic carbocycles. The van der Waals surface area contributed by atoms with E-state index in [-0.39, 0.29) is 27.9 Å². The molecule has 0 saturated heterocycles. The molecule has 1 rings (SSSR count). The summed E-state index contributed by atoms with van der Waals surface area (Å²) in [6.45, 7) is 0. The molecule has 0 atom stereocenters. The number of pyridine rings is 1. The van der Waals surface area contributed by atoms with Crippen molar-refractivity contribution in [3.05, 3.63) is 27.5 Å². The number of alkyl halides is 3. The van der Waals surface area contributed by atoms with Gasteiger partial charge in [-0.15, -0.1) is 11.6 Å². The molecule has 2 nitrogen and oxygen atoms in total. The van der Waals surface area contributed by atoms with Crippen molar-refractivity contribution in [3.63, 3.8) is 0 Å². The summed E-state index contributed by atoms with van der Waals surface area (Å²) < 4.78 is 25.6. The van der Waals surface area contributed by atoms with Crippen LogP contribution in [0.4, 0.5) is 8.78 Å². The topological polar surface area (TPSA) is 36.7 Å². The normalized spacial score (nSPS) is 10.4. The third-order valence-electron chi connectivity index (χ3n) is 1.83. The van der Waals surface area contributed by atoms with Gasteiger partial charge in [0, 0.05) is 16.2 Å². The molecule has 0 bridgehead atoms. The van der Waals surface area contributed by atoms with Crippen LogP contribution >= 0.6 is 27.5 Å². The maximum absolute atomic E-state index is 12.7. The fourth-order valence-corrected chi connectivity index (χ4v) is 2.17. The molecule has 0 radical (unpaired) electrons. The second kappa shape index (κ2) is 5.38. The third kappa shape index (κ3) is 2.64. The summed E-state index contributed by atoms with van der Waals surface area (Å²) in [4.78, 5) is 3.90. The van der Waals surface area contributed by atoms with E-state index in [1.54, 1.807) is 0 Å². The molecule has 0 spiro atoms. The Morgan fingerprint density at radius 3 is 2.73 bits per heavy atom. The van der Waals surface area contributed by atoms with E-state index in [4.69, 9.17) is 16.9 Å². The summed E-state index contributed by atoms with van der Waals surface area (Å²) in [5.41, 5.74) is 0.393. The van der Waals surface area contributed by atoms with Crippen molar-refractivity contribution >= 4 is 27.5 Å². The molecule has 0 aromatic carbocycles. The van der Waals surface area contributed by atoms with E-state index < -0.39 is 6.43 Å². The number of rotatable bonds is 3. The van der Waals surface area contributed by atoms with Gasteiger partial charge < -0.3 is 0 Å². The van der Waals surface area contributed by atoms with E-state index in [0.717, 1.165) is 0 Å². The number of hydrogen-bond donors (Lipinski definition) is 0. The zero-order valence-electron chi connectivity index (χ0n) is 7.48. The Morgan fingerprint density at radius 2 is 2.27 bits per heavy atom. The lowest BCUT2D eigenvalue weighted by Crippen LogP contribution is -2.01. The van der Waals surface area contributed by atoms with Crippen molar-refractivity contribution in [3.8, 4) is 6.07 Å². The smallest absolute Gasteiger partial charge is 0.259 e. The second-order valence-corrected chi connectivity index (χ2v) is 3.79. The number of aromatic nitrogens is 1. The van der Waals surface area contributed by atoms with Crippen LogP contribution in [0.15, 0.2) is 10.7 Å².